The molecule has 0 aliphatic rings. The summed E-state index contributed by atoms with van der Waals surface area (Å²) in [6.45, 7) is 5.86. The SMILES string of the molecule is Cc1cc(C)c(C(=O)c2ccccc2O[PH2]=O)c(C)c1.[Na]. The summed E-state index contributed by atoms with van der Waals surface area (Å²) in [6.07, 6.45) is 0. The molecule has 0 aliphatic heterocycles. The van der Waals surface area contributed by atoms with Crippen molar-refractivity contribution in [3.8, 4) is 5.75 Å². The van der Waals surface area contributed by atoms with Gasteiger partial charge in [-0.2, -0.15) is 0 Å². The van der Waals surface area contributed by atoms with E-state index in [9.17, 15) is 9.36 Å². The van der Waals surface area contributed by atoms with Crippen molar-refractivity contribution in [3.63, 3.8) is 0 Å². The maximum Gasteiger partial charge on any atom is 0.225 e. The van der Waals surface area contributed by atoms with E-state index >= 15 is 0 Å². The first-order valence-electron chi connectivity index (χ1n) is 6.36. The Hall–Kier alpha value is -0.860. The molecule has 105 valence electrons. The Labute approximate surface area is 148 Å². The van der Waals surface area contributed by atoms with Gasteiger partial charge in [-0.1, -0.05) is 29.8 Å². The van der Waals surface area contributed by atoms with Gasteiger partial charge in [0.15, 0.2) is 5.78 Å². The second-order valence-corrected chi connectivity index (χ2v) is 5.24. The number of para-hydroxylation sites is 1. The van der Waals surface area contributed by atoms with Crippen molar-refractivity contribution >= 4 is 44.0 Å². The van der Waals surface area contributed by atoms with E-state index in [1.165, 1.54) is 0 Å². The number of aryl methyl sites for hydroxylation is 3. The van der Waals surface area contributed by atoms with Gasteiger partial charge in [-0.15, -0.1) is 0 Å². The van der Waals surface area contributed by atoms with E-state index in [1.807, 2.05) is 32.9 Å². The number of ketones is 1. The molecule has 0 bridgehead atoms. The second kappa shape index (κ2) is 7.95. The van der Waals surface area contributed by atoms with Crippen molar-refractivity contribution in [1.29, 1.82) is 0 Å². The average molecular weight is 311 g/mol. The first kappa shape index (κ1) is 18.2. The molecule has 0 heterocycles. The van der Waals surface area contributed by atoms with Gasteiger partial charge in [-0.05, 0) is 44.0 Å². The van der Waals surface area contributed by atoms with Gasteiger partial charge < -0.3 is 4.52 Å². The molecule has 1 radical (unpaired) electrons. The number of rotatable bonds is 4. The number of hydrogen-bond donors (Lipinski definition) is 0. The second-order valence-electron chi connectivity index (χ2n) is 4.81. The van der Waals surface area contributed by atoms with Crippen molar-refractivity contribution < 1.29 is 13.9 Å². The smallest absolute Gasteiger partial charge is 0.225 e. The summed E-state index contributed by atoms with van der Waals surface area (Å²) in [4.78, 5) is 12.7. The van der Waals surface area contributed by atoms with Crippen molar-refractivity contribution in [3.05, 3.63) is 64.2 Å². The number of hydrogen-bond acceptors (Lipinski definition) is 3. The van der Waals surface area contributed by atoms with Gasteiger partial charge in [0, 0.05) is 35.1 Å². The zero-order chi connectivity index (χ0) is 14.7. The molecule has 5 heteroatoms. The van der Waals surface area contributed by atoms with E-state index in [4.69, 9.17) is 4.52 Å². The molecule has 1 atom stereocenters. The third-order valence-corrected chi connectivity index (χ3v) is 3.56. The minimum absolute atomic E-state index is 0. The summed E-state index contributed by atoms with van der Waals surface area (Å²) in [5, 5.41) is 0. The molecule has 0 saturated carbocycles. The van der Waals surface area contributed by atoms with E-state index in [-0.39, 0.29) is 35.3 Å². The number of carbonyl (C=O) groups excluding carboxylic acids is 1. The fraction of sp³-hybridized carbons (Fsp3) is 0.188. The van der Waals surface area contributed by atoms with Gasteiger partial charge in [-0.3, -0.25) is 9.36 Å². The largest absolute Gasteiger partial charge is 0.446 e. The number of benzene rings is 2. The van der Waals surface area contributed by atoms with E-state index in [0.29, 0.717) is 16.9 Å². The molecule has 2 aromatic rings. The van der Waals surface area contributed by atoms with E-state index in [2.05, 4.69) is 0 Å². The standard InChI is InChI=1S/C16H17O3P.Na/c1-10-8-11(2)15(12(3)9-10)16(17)13-6-4-5-7-14(13)19-20-18;/h4-9H,20H2,1-3H3;. The molecule has 2 rings (SSSR count). The fourth-order valence-electron chi connectivity index (χ4n) is 2.48. The summed E-state index contributed by atoms with van der Waals surface area (Å²) in [5.74, 6) is 0.283. The predicted octanol–water partition coefficient (Wildman–Crippen LogP) is 3.51. The van der Waals surface area contributed by atoms with Gasteiger partial charge in [0.2, 0.25) is 8.69 Å². The molecule has 2 aromatic carbocycles. The zero-order valence-corrected chi connectivity index (χ0v) is 15.9. The summed E-state index contributed by atoms with van der Waals surface area (Å²) < 4.78 is 15.8. The molecular weight excluding hydrogens is 294 g/mol. The van der Waals surface area contributed by atoms with Crippen LogP contribution in [0.1, 0.15) is 32.6 Å². The number of carbonyl (C=O) groups is 1. The van der Waals surface area contributed by atoms with Gasteiger partial charge in [0.05, 0.1) is 5.56 Å². The van der Waals surface area contributed by atoms with Crippen LogP contribution in [0.5, 0.6) is 5.75 Å². The average Bonchev–Trinajstić information content (AvgIpc) is 2.38. The minimum atomic E-state index is -1.39. The summed E-state index contributed by atoms with van der Waals surface area (Å²) in [5.41, 5.74) is 4.15. The predicted molar refractivity (Wildman–Crippen MR) is 87.3 cm³/mol. The van der Waals surface area contributed by atoms with Crippen LogP contribution in [0.4, 0.5) is 0 Å². The van der Waals surface area contributed by atoms with Gasteiger partial charge in [0.25, 0.3) is 0 Å². The summed E-state index contributed by atoms with van der Waals surface area (Å²) in [7, 11) is -1.39. The van der Waals surface area contributed by atoms with Crippen molar-refractivity contribution in [2.24, 2.45) is 0 Å². The molecule has 3 nitrogen and oxygen atoms in total. The van der Waals surface area contributed by atoms with Crippen LogP contribution in [0.15, 0.2) is 36.4 Å². The van der Waals surface area contributed by atoms with Gasteiger partial charge >= 0.3 is 0 Å². The van der Waals surface area contributed by atoms with Crippen LogP contribution in [0.25, 0.3) is 0 Å². The Morgan fingerprint density at radius 2 is 1.62 bits per heavy atom. The van der Waals surface area contributed by atoms with E-state index in [1.54, 1.807) is 24.3 Å². The Bertz CT molecular complexity index is 660. The van der Waals surface area contributed by atoms with Crippen LogP contribution in [0.2, 0.25) is 0 Å². The Balaban J connectivity index is 0.00000220. The van der Waals surface area contributed by atoms with Crippen molar-refractivity contribution in [2.45, 2.75) is 20.8 Å². The summed E-state index contributed by atoms with van der Waals surface area (Å²) >= 11 is 0. The normalized spacial score (nSPS) is 10.4. The van der Waals surface area contributed by atoms with Crippen molar-refractivity contribution in [1.82, 2.24) is 0 Å². The minimum Gasteiger partial charge on any atom is -0.446 e. The summed E-state index contributed by atoms with van der Waals surface area (Å²) in [6, 6.07) is 10.9. The molecule has 0 fully saturated rings. The van der Waals surface area contributed by atoms with Crippen LogP contribution < -0.4 is 4.52 Å². The molecule has 1 unspecified atom stereocenters. The fourth-order valence-corrected chi connectivity index (χ4v) is 2.79. The first-order valence-corrected chi connectivity index (χ1v) is 7.30. The molecule has 0 aromatic heterocycles. The molecule has 0 amide bonds. The molecule has 0 saturated heterocycles. The molecule has 0 aliphatic carbocycles. The molecule has 0 spiro atoms. The van der Waals surface area contributed by atoms with E-state index in [0.717, 1.165) is 16.7 Å². The van der Waals surface area contributed by atoms with Crippen LogP contribution in [0, 0.1) is 20.8 Å². The van der Waals surface area contributed by atoms with Crippen LogP contribution in [-0.4, -0.2) is 35.3 Å². The van der Waals surface area contributed by atoms with Gasteiger partial charge in [0.1, 0.15) is 5.75 Å². The van der Waals surface area contributed by atoms with Crippen LogP contribution in [0.3, 0.4) is 0 Å². The molecule has 0 N–H and O–H groups in total. The monoisotopic (exact) mass is 311 g/mol. The molecular formula is C16H17NaO3P. The van der Waals surface area contributed by atoms with Crippen LogP contribution in [-0.2, 0) is 4.57 Å². The maximum atomic E-state index is 12.7. The third-order valence-electron chi connectivity index (χ3n) is 3.21. The van der Waals surface area contributed by atoms with E-state index < -0.39 is 8.69 Å². The maximum absolute atomic E-state index is 12.7. The van der Waals surface area contributed by atoms with Gasteiger partial charge in [-0.25, -0.2) is 0 Å². The van der Waals surface area contributed by atoms with Crippen LogP contribution >= 0.6 is 8.69 Å². The zero-order valence-electron chi connectivity index (χ0n) is 12.8. The molecule has 21 heavy (non-hydrogen) atoms. The Morgan fingerprint density at radius 3 is 2.19 bits per heavy atom. The Morgan fingerprint density at radius 1 is 1.05 bits per heavy atom. The third kappa shape index (κ3) is 4.08. The Kier molecular flexibility index (Phi) is 6.89. The van der Waals surface area contributed by atoms with Crippen molar-refractivity contribution in [2.75, 3.05) is 0 Å². The quantitative estimate of drug-likeness (QED) is 0.493. The topological polar surface area (TPSA) is 43.4 Å². The first-order chi connectivity index (χ1) is 9.54.